The van der Waals surface area contributed by atoms with E-state index >= 15 is 0 Å². The number of carbonyl (C=O) groups is 1. The fourth-order valence-electron chi connectivity index (χ4n) is 2.19. The second kappa shape index (κ2) is 7.97. The third-order valence-electron chi connectivity index (χ3n) is 3.60. The smallest absolute Gasteiger partial charge is 0.266 e. The average molecular weight is 383 g/mol. The molecule has 0 unspecified atom stereocenters. The van der Waals surface area contributed by atoms with Crippen molar-refractivity contribution >= 4 is 27.5 Å². The lowest BCUT2D eigenvalue weighted by atomic mass is 10.1. The molecule has 0 fully saturated rings. The molecule has 1 amide bonds. The summed E-state index contributed by atoms with van der Waals surface area (Å²) in [6.07, 6.45) is 0. The third-order valence-corrected chi connectivity index (χ3v) is 5.76. The number of hydrogen-bond donors (Lipinski definition) is 1. The van der Waals surface area contributed by atoms with Crippen molar-refractivity contribution in [3.63, 3.8) is 0 Å². The Balaban J connectivity index is 2.22. The van der Waals surface area contributed by atoms with Gasteiger partial charge in [0.25, 0.3) is 15.9 Å². The first-order valence-corrected chi connectivity index (χ1v) is 9.24. The van der Waals surface area contributed by atoms with Crippen LogP contribution in [0.1, 0.15) is 21.5 Å². The summed E-state index contributed by atoms with van der Waals surface area (Å²) < 4.78 is 25.4. The van der Waals surface area contributed by atoms with Gasteiger partial charge in [-0.2, -0.15) is 0 Å². The third kappa shape index (κ3) is 4.58. The van der Waals surface area contributed by atoms with Crippen molar-refractivity contribution in [3.8, 4) is 0 Å². The van der Waals surface area contributed by atoms with Gasteiger partial charge in [-0.25, -0.2) is 8.42 Å². The number of sulfonamides is 1. The van der Waals surface area contributed by atoms with Crippen LogP contribution in [0, 0.1) is 6.92 Å². The molecule has 2 aromatic carbocycles. The second-order valence-electron chi connectivity index (χ2n) is 5.41. The number of hydroxylamine groups is 1. The SMILES string of the molecule is CON(C)S(=O)(=O)c1cc(C(=O)NCc2cccc(C)c2)ccc1Cl. The zero-order valence-corrected chi connectivity index (χ0v) is 15.7. The Kier molecular flexibility index (Phi) is 6.18. The van der Waals surface area contributed by atoms with Crippen LogP contribution < -0.4 is 5.32 Å². The van der Waals surface area contributed by atoms with E-state index in [1.807, 2.05) is 31.2 Å². The van der Waals surface area contributed by atoms with Gasteiger partial charge in [0.2, 0.25) is 0 Å². The van der Waals surface area contributed by atoms with Crippen LogP contribution in [0.3, 0.4) is 0 Å². The fourth-order valence-corrected chi connectivity index (χ4v) is 3.66. The Bertz CT molecular complexity index is 884. The van der Waals surface area contributed by atoms with Crippen LogP contribution in [0.4, 0.5) is 0 Å². The number of rotatable bonds is 6. The van der Waals surface area contributed by atoms with Crippen molar-refractivity contribution in [1.82, 2.24) is 9.79 Å². The molecule has 25 heavy (non-hydrogen) atoms. The first-order valence-electron chi connectivity index (χ1n) is 7.42. The topological polar surface area (TPSA) is 75.7 Å². The van der Waals surface area contributed by atoms with Crippen molar-refractivity contribution in [2.75, 3.05) is 14.2 Å². The van der Waals surface area contributed by atoms with Gasteiger partial charge in [0.05, 0.1) is 12.1 Å². The van der Waals surface area contributed by atoms with Crippen molar-refractivity contribution < 1.29 is 18.0 Å². The fraction of sp³-hybridized carbons (Fsp3) is 0.235. The van der Waals surface area contributed by atoms with Gasteiger partial charge in [-0.05, 0) is 30.7 Å². The summed E-state index contributed by atoms with van der Waals surface area (Å²) >= 11 is 5.98. The molecule has 0 heterocycles. The first-order chi connectivity index (χ1) is 11.8. The largest absolute Gasteiger partial charge is 0.348 e. The maximum Gasteiger partial charge on any atom is 0.266 e. The zero-order chi connectivity index (χ0) is 18.6. The predicted octanol–water partition coefficient (Wildman–Crippen LogP) is 2.76. The van der Waals surface area contributed by atoms with E-state index in [4.69, 9.17) is 16.4 Å². The van der Waals surface area contributed by atoms with E-state index in [2.05, 4.69) is 5.32 Å². The number of nitrogens with one attached hydrogen (secondary N) is 1. The Morgan fingerprint density at radius 1 is 1.24 bits per heavy atom. The summed E-state index contributed by atoms with van der Waals surface area (Å²) in [5.74, 6) is -0.394. The minimum absolute atomic E-state index is 0.0131. The molecule has 0 aliphatic heterocycles. The normalized spacial score (nSPS) is 11.6. The minimum Gasteiger partial charge on any atom is -0.348 e. The van der Waals surface area contributed by atoms with Crippen LogP contribution in [-0.2, 0) is 21.4 Å². The Hall–Kier alpha value is -1.93. The summed E-state index contributed by atoms with van der Waals surface area (Å²) in [4.78, 5) is 16.9. The Labute approximate surface area is 152 Å². The summed E-state index contributed by atoms with van der Waals surface area (Å²) in [5, 5.41) is 2.78. The maximum absolute atomic E-state index is 12.4. The standard InChI is InChI=1S/C17H19ClN2O4S/c1-12-5-4-6-13(9-12)11-19-17(21)14-7-8-15(18)16(10-14)25(22,23)20(2)24-3/h4-10H,11H2,1-3H3,(H,19,21). The highest BCUT2D eigenvalue weighted by Crippen LogP contribution is 2.25. The second-order valence-corrected chi connectivity index (χ2v) is 7.73. The Morgan fingerprint density at radius 2 is 1.96 bits per heavy atom. The zero-order valence-electron chi connectivity index (χ0n) is 14.1. The van der Waals surface area contributed by atoms with Crippen molar-refractivity contribution in [1.29, 1.82) is 0 Å². The lowest BCUT2D eigenvalue weighted by Gasteiger charge is -2.16. The van der Waals surface area contributed by atoms with Crippen molar-refractivity contribution in [2.24, 2.45) is 0 Å². The van der Waals surface area contributed by atoms with Crippen LogP contribution in [0.5, 0.6) is 0 Å². The summed E-state index contributed by atoms with van der Waals surface area (Å²) in [7, 11) is -1.48. The lowest BCUT2D eigenvalue weighted by Crippen LogP contribution is -2.27. The van der Waals surface area contributed by atoms with Crippen LogP contribution in [0.25, 0.3) is 0 Å². The maximum atomic E-state index is 12.4. The van der Waals surface area contributed by atoms with Crippen molar-refractivity contribution in [3.05, 3.63) is 64.2 Å². The number of halogens is 1. The van der Waals surface area contributed by atoms with Gasteiger partial charge in [-0.3, -0.25) is 9.63 Å². The molecule has 134 valence electrons. The van der Waals surface area contributed by atoms with Crippen molar-refractivity contribution in [2.45, 2.75) is 18.4 Å². The van der Waals surface area contributed by atoms with Crippen LogP contribution in [-0.4, -0.2) is 33.0 Å². The number of aryl methyl sites for hydroxylation is 1. The van der Waals surface area contributed by atoms with Gasteiger partial charge in [0, 0.05) is 19.2 Å². The van der Waals surface area contributed by atoms with E-state index in [0.29, 0.717) is 11.0 Å². The van der Waals surface area contributed by atoms with Crippen LogP contribution >= 0.6 is 11.6 Å². The van der Waals surface area contributed by atoms with E-state index in [1.165, 1.54) is 32.4 Å². The van der Waals surface area contributed by atoms with E-state index in [1.54, 1.807) is 0 Å². The van der Waals surface area contributed by atoms with E-state index in [9.17, 15) is 13.2 Å². The lowest BCUT2D eigenvalue weighted by molar-refractivity contribution is -0.0258. The molecule has 8 heteroatoms. The highest BCUT2D eigenvalue weighted by molar-refractivity contribution is 7.89. The van der Waals surface area contributed by atoms with Crippen LogP contribution in [0.2, 0.25) is 5.02 Å². The summed E-state index contributed by atoms with van der Waals surface area (Å²) in [6, 6.07) is 11.8. The molecule has 0 aliphatic rings. The van der Waals surface area contributed by atoms with E-state index in [-0.39, 0.29) is 15.5 Å². The van der Waals surface area contributed by atoms with Gasteiger partial charge >= 0.3 is 0 Å². The molecular weight excluding hydrogens is 364 g/mol. The molecule has 0 saturated carbocycles. The Morgan fingerprint density at radius 3 is 2.60 bits per heavy atom. The summed E-state index contributed by atoms with van der Waals surface area (Å²) in [6.45, 7) is 2.30. The van der Waals surface area contributed by atoms with Gasteiger partial charge in [0.1, 0.15) is 4.90 Å². The molecule has 0 aromatic heterocycles. The van der Waals surface area contributed by atoms with Crippen LogP contribution in [0.15, 0.2) is 47.4 Å². The van der Waals surface area contributed by atoms with Gasteiger partial charge in [-0.15, -0.1) is 0 Å². The molecule has 6 nitrogen and oxygen atoms in total. The molecule has 0 atom stereocenters. The molecule has 0 saturated heterocycles. The molecule has 0 aliphatic carbocycles. The van der Waals surface area contributed by atoms with Gasteiger partial charge < -0.3 is 5.32 Å². The predicted molar refractivity (Wildman–Crippen MR) is 95.8 cm³/mol. The molecular formula is C17H19ClN2O4S. The molecule has 2 aromatic rings. The molecule has 0 spiro atoms. The monoisotopic (exact) mass is 382 g/mol. The van der Waals surface area contributed by atoms with Gasteiger partial charge in [0.15, 0.2) is 0 Å². The highest BCUT2D eigenvalue weighted by Gasteiger charge is 2.25. The first kappa shape index (κ1) is 19.4. The quantitative estimate of drug-likeness (QED) is 0.779. The molecule has 1 N–H and O–H groups in total. The number of carbonyl (C=O) groups excluding carboxylic acids is 1. The summed E-state index contributed by atoms with van der Waals surface area (Å²) in [5.41, 5.74) is 2.24. The average Bonchev–Trinajstić information content (AvgIpc) is 2.59. The van der Waals surface area contributed by atoms with E-state index in [0.717, 1.165) is 11.1 Å². The minimum atomic E-state index is -3.95. The number of nitrogens with zero attached hydrogens (tertiary/aromatic N) is 1. The molecule has 2 rings (SSSR count). The molecule has 0 radical (unpaired) electrons. The van der Waals surface area contributed by atoms with E-state index < -0.39 is 15.9 Å². The highest BCUT2D eigenvalue weighted by atomic mass is 35.5. The molecule has 0 bridgehead atoms. The van der Waals surface area contributed by atoms with Gasteiger partial charge in [-0.1, -0.05) is 45.9 Å². The number of amides is 1. The number of hydrogen-bond acceptors (Lipinski definition) is 4. The number of benzene rings is 2.